The summed E-state index contributed by atoms with van der Waals surface area (Å²) >= 11 is 0. The molecule has 1 saturated carbocycles. The third-order valence-electron chi connectivity index (χ3n) is 9.35. The zero-order chi connectivity index (χ0) is 37.6. The van der Waals surface area contributed by atoms with E-state index in [0.29, 0.717) is 17.7 Å². The van der Waals surface area contributed by atoms with Gasteiger partial charge in [0.1, 0.15) is 29.4 Å². The second-order valence-corrected chi connectivity index (χ2v) is 14.7. The van der Waals surface area contributed by atoms with Gasteiger partial charge in [0.25, 0.3) is 0 Å². The molecule has 1 spiro atoms. The van der Waals surface area contributed by atoms with Gasteiger partial charge in [-0.05, 0) is 74.6 Å². The first-order valence-corrected chi connectivity index (χ1v) is 17.8. The minimum atomic E-state index is -1.40. The number of anilines is 1. The lowest BCUT2D eigenvalue weighted by molar-refractivity contribution is -0.133. The highest BCUT2D eigenvalue weighted by atomic mass is 19.1. The number of hydrogen-bond donors (Lipinski definition) is 2. The molecule has 53 heavy (non-hydrogen) atoms. The SMILES string of the molecule is CC(C)(C)OC(=O)N[C@H](C(=O)Nc1cncc(F)c1C#CC1CN(Cc2ccccc2)CC2(CCCC2)O1)C(c1ccc(F)cc1)c1ccc(F)cc1. The van der Waals surface area contributed by atoms with Crippen LogP contribution in [0.5, 0.6) is 0 Å². The largest absolute Gasteiger partial charge is 0.444 e. The molecule has 2 aliphatic rings. The van der Waals surface area contributed by atoms with Crippen molar-refractivity contribution in [2.24, 2.45) is 0 Å². The zero-order valence-corrected chi connectivity index (χ0v) is 30.0. The highest BCUT2D eigenvalue weighted by Crippen LogP contribution is 2.38. The van der Waals surface area contributed by atoms with E-state index in [1.54, 1.807) is 20.8 Å². The zero-order valence-electron chi connectivity index (χ0n) is 30.0. The second-order valence-electron chi connectivity index (χ2n) is 14.7. The summed E-state index contributed by atoms with van der Waals surface area (Å²) in [5.74, 6) is 2.58. The Hall–Kier alpha value is -5.18. The number of ether oxygens (including phenoxy) is 2. The molecule has 1 aliphatic heterocycles. The number of rotatable bonds is 8. The van der Waals surface area contributed by atoms with Crippen molar-refractivity contribution in [1.29, 1.82) is 0 Å². The number of nitrogens with one attached hydrogen (secondary N) is 2. The quantitative estimate of drug-likeness (QED) is 0.181. The molecule has 0 radical (unpaired) electrons. The first-order chi connectivity index (χ1) is 25.4. The summed E-state index contributed by atoms with van der Waals surface area (Å²) in [6.45, 7) is 7.04. The van der Waals surface area contributed by atoms with E-state index in [2.05, 4.69) is 44.5 Å². The number of morpholine rings is 1. The van der Waals surface area contributed by atoms with E-state index < -0.39 is 53.1 Å². The minimum Gasteiger partial charge on any atom is -0.444 e. The number of benzene rings is 3. The first kappa shape index (κ1) is 37.6. The number of pyridine rings is 1. The number of nitrogens with zero attached hydrogens (tertiary/aromatic N) is 2. The van der Waals surface area contributed by atoms with Crippen LogP contribution in [0.3, 0.4) is 0 Å². The van der Waals surface area contributed by atoms with E-state index >= 15 is 4.39 Å². The Labute approximate surface area is 308 Å². The van der Waals surface area contributed by atoms with Crippen molar-refractivity contribution in [3.8, 4) is 11.8 Å². The summed E-state index contributed by atoms with van der Waals surface area (Å²) in [5.41, 5.74) is 0.696. The van der Waals surface area contributed by atoms with E-state index in [9.17, 15) is 18.4 Å². The van der Waals surface area contributed by atoms with Crippen molar-refractivity contribution >= 4 is 17.7 Å². The third-order valence-corrected chi connectivity index (χ3v) is 9.35. The summed E-state index contributed by atoms with van der Waals surface area (Å²) in [6.07, 6.45) is 4.81. The smallest absolute Gasteiger partial charge is 0.408 e. The molecule has 0 bridgehead atoms. The van der Waals surface area contributed by atoms with Crippen LogP contribution in [-0.2, 0) is 20.8 Å². The Morgan fingerprint density at radius 1 is 0.943 bits per heavy atom. The van der Waals surface area contributed by atoms with Crippen LogP contribution in [-0.4, -0.2) is 58.3 Å². The van der Waals surface area contributed by atoms with Gasteiger partial charge in [-0.1, -0.05) is 79.3 Å². The van der Waals surface area contributed by atoms with Gasteiger partial charge in [0.05, 0.1) is 29.2 Å². The summed E-state index contributed by atoms with van der Waals surface area (Å²) in [5, 5.41) is 5.38. The Balaban J connectivity index is 1.32. The van der Waals surface area contributed by atoms with Crippen LogP contribution in [0.15, 0.2) is 91.3 Å². The van der Waals surface area contributed by atoms with Crippen molar-refractivity contribution < 1.29 is 32.2 Å². The second kappa shape index (κ2) is 16.2. The van der Waals surface area contributed by atoms with Crippen LogP contribution in [0, 0.1) is 29.3 Å². The lowest BCUT2D eigenvalue weighted by atomic mass is 9.84. The minimum absolute atomic E-state index is 0.0250. The fraction of sp³-hybridized carbons (Fsp3) is 0.357. The van der Waals surface area contributed by atoms with Crippen LogP contribution in [0.25, 0.3) is 0 Å². The van der Waals surface area contributed by atoms with Crippen LogP contribution in [0.1, 0.15) is 74.6 Å². The first-order valence-electron chi connectivity index (χ1n) is 17.8. The van der Waals surface area contributed by atoms with Crippen molar-refractivity contribution in [1.82, 2.24) is 15.2 Å². The number of halogens is 3. The molecule has 2 atom stereocenters. The number of aromatic nitrogens is 1. The number of amides is 2. The van der Waals surface area contributed by atoms with E-state index in [1.807, 2.05) is 18.2 Å². The van der Waals surface area contributed by atoms with E-state index in [-0.39, 0.29) is 16.9 Å². The monoisotopic (exact) mass is 724 g/mol. The van der Waals surface area contributed by atoms with Gasteiger partial charge in [-0.15, -0.1) is 0 Å². The molecule has 2 heterocycles. The molecule has 6 rings (SSSR count). The Bertz CT molecular complexity index is 1910. The molecule has 1 unspecified atom stereocenters. The standard InChI is InChI=1S/C42H43F3N4O4/c1-41(2,3)53-40(51)48-38(37(29-11-15-31(43)16-12-29)30-13-17-32(44)18-14-30)39(50)47-36-24-46-23-35(45)34(36)20-19-33-26-49(25-28-9-5-4-6-10-28)27-42(52-33)21-7-8-22-42/h4-6,9-18,23-24,33,37-38H,7-8,21-22,25-27H2,1-3H3,(H,47,50)(H,48,51)/t33?,38-/m0/s1. The predicted octanol–water partition coefficient (Wildman–Crippen LogP) is 7.73. The van der Waals surface area contributed by atoms with E-state index in [1.165, 1.54) is 60.3 Å². The van der Waals surface area contributed by atoms with Crippen molar-refractivity contribution in [2.75, 3.05) is 18.4 Å². The van der Waals surface area contributed by atoms with Gasteiger partial charge in [0, 0.05) is 25.6 Å². The van der Waals surface area contributed by atoms with Crippen LogP contribution < -0.4 is 10.6 Å². The fourth-order valence-electron chi connectivity index (χ4n) is 7.09. The number of carbonyl (C=O) groups excluding carboxylic acids is 2. The maximum absolute atomic E-state index is 15.5. The fourth-order valence-corrected chi connectivity index (χ4v) is 7.09. The van der Waals surface area contributed by atoms with Gasteiger partial charge < -0.3 is 20.1 Å². The number of hydrogen-bond acceptors (Lipinski definition) is 6. The molecule has 2 amide bonds. The Kier molecular flexibility index (Phi) is 11.5. The molecule has 276 valence electrons. The predicted molar refractivity (Wildman–Crippen MR) is 195 cm³/mol. The van der Waals surface area contributed by atoms with Crippen molar-refractivity contribution in [3.05, 3.63) is 131 Å². The number of alkyl carbamates (subject to hydrolysis) is 1. The van der Waals surface area contributed by atoms with E-state index in [4.69, 9.17) is 9.47 Å². The van der Waals surface area contributed by atoms with Crippen molar-refractivity contribution in [2.45, 2.75) is 82.3 Å². The summed E-state index contributed by atoms with van der Waals surface area (Å²) < 4.78 is 55.8. The molecule has 11 heteroatoms. The lowest BCUT2D eigenvalue weighted by Crippen LogP contribution is -2.53. The van der Waals surface area contributed by atoms with E-state index in [0.717, 1.165) is 45.0 Å². The molecule has 1 saturated heterocycles. The molecule has 1 aliphatic carbocycles. The highest BCUT2D eigenvalue weighted by molar-refractivity contribution is 5.98. The molecule has 8 nitrogen and oxygen atoms in total. The normalized spacial score (nSPS) is 17.5. The van der Waals surface area contributed by atoms with Crippen LogP contribution in [0.2, 0.25) is 0 Å². The molecule has 2 fully saturated rings. The lowest BCUT2D eigenvalue weighted by Gasteiger charge is -2.43. The average molecular weight is 725 g/mol. The van der Waals surface area contributed by atoms with Gasteiger partial charge in [-0.3, -0.25) is 14.7 Å². The van der Waals surface area contributed by atoms with Gasteiger partial charge in [0.15, 0.2) is 5.82 Å². The molecule has 1 aromatic heterocycles. The topological polar surface area (TPSA) is 92.8 Å². The summed E-state index contributed by atoms with van der Waals surface area (Å²) in [6, 6.07) is 19.6. The number of carbonyl (C=O) groups is 2. The molecule has 3 aromatic carbocycles. The van der Waals surface area contributed by atoms with Crippen molar-refractivity contribution in [3.63, 3.8) is 0 Å². The summed E-state index contributed by atoms with van der Waals surface area (Å²) in [7, 11) is 0. The molecule has 4 aromatic rings. The Morgan fingerprint density at radius 2 is 1.57 bits per heavy atom. The molecular formula is C42H43F3N4O4. The van der Waals surface area contributed by atoms with Gasteiger partial charge in [-0.2, -0.15) is 0 Å². The third kappa shape index (κ3) is 9.83. The highest BCUT2D eigenvalue weighted by Gasteiger charge is 2.42. The van der Waals surface area contributed by atoms with Crippen LogP contribution in [0.4, 0.5) is 23.7 Å². The molecule has 2 N–H and O–H groups in total. The summed E-state index contributed by atoms with van der Waals surface area (Å²) in [4.78, 5) is 33.8. The van der Waals surface area contributed by atoms with Gasteiger partial charge >= 0.3 is 6.09 Å². The maximum Gasteiger partial charge on any atom is 0.408 e. The molecular weight excluding hydrogens is 681 g/mol. The Morgan fingerprint density at radius 3 is 2.17 bits per heavy atom. The average Bonchev–Trinajstić information content (AvgIpc) is 3.55. The maximum atomic E-state index is 15.5. The van der Waals surface area contributed by atoms with Gasteiger partial charge in [-0.25, -0.2) is 18.0 Å². The van der Waals surface area contributed by atoms with Crippen LogP contribution >= 0.6 is 0 Å². The van der Waals surface area contributed by atoms with Gasteiger partial charge in [0.2, 0.25) is 5.91 Å².